The van der Waals surface area contributed by atoms with Crippen molar-refractivity contribution in [3.63, 3.8) is 0 Å². The van der Waals surface area contributed by atoms with Crippen LogP contribution in [0.25, 0.3) is 0 Å². The van der Waals surface area contributed by atoms with Crippen LogP contribution in [0.1, 0.15) is 40.0 Å². The molecule has 1 rings (SSSR count). The number of rotatable bonds is 5. The lowest BCUT2D eigenvalue weighted by atomic mass is 10.1. The molecule has 0 aromatic heterocycles. The van der Waals surface area contributed by atoms with E-state index in [1.807, 2.05) is 13.8 Å². The Morgan fingerprint density at radius 1 is 1.50 bits per heavy atom. The summed E-state index contributed by atoms with van der Waals surface area (Å²) in [6.45, 7) is 6.22. The fraction of sp³-hybridized carbons (Fsp3) is 0.750. The molecule has 1 aliphatic carbocycles. The summed E-state index contributed by atoms with van der Waals surface area (Å²) in [5.41, 5.74) is -0.0332. The van der Waals surface area contributed by atoms with Crippen molar-refractivity contribution in [1.29, 1.82) is 0 Å². The zero-order chi connectivity index (χ0) is 10.8. The van der Waals surface area contributed by atoms with E-state index in [-0.39, 0.29) is 17.3 Å². The zero-order valence-electron chi connectivity index (χ0n) is 9.29. The van der Waals surface area contributed by atoms with Gasteiger partial charge in [-0.25, -0.2) is 0 Å². The van der Waals surface area contributed by atoms with E-state index in [0.29, 0.717) is 0 Å². The number of carboxylic acids is 1. The minimum absolute atomic E-state index is 0.0332. The van der Waals surface area contributed by atoms with Gasteiger partial charge in [-0.2, -0.15) is 0 Å². The van der Waals surface area contributed by atoms with Gasteiger partial charge in [0, 0.05) is 0 Å². The molecule has 0 aromatic rings. The van der Waals surface area contributed by atoms with E-state index in [1.54, 1.807) is 0 Å². The largest absolute Gasteiger partial charge is 0.481 e. The molecule has 0 spiro atoms. The first-order valence-electron chi connectivity index (χ1n) is 5.41. The van der Waals surface area contributed by atoms with Crippen LogP contribution in [0, 0.1) is 17.3 Å². The second-order valence-electron chi connectivity index (χ2n) is 4.73. The average molecular weight is 196 g/mol. The molecule has 1 fully saturated rings. The summed E-state index contributed by atoms with van der Waals surface area (Å²) >= 11 is 0. The minimum Gasteiger partial charge on any atom is -0.481 e. The number of carboxylic acid groups (broad SMARTS) is 1. The summed E-state index contributed by atoms with van der Waals surface area (Å²) in [6, 6.07) is 0. The summed E-state index contributed by atoms with van der Waals surface area (Å²) in [4.78, 5) is 10.8. The molecule has 0 aromatic carbocycles. The Morgan fingerprint density at radius 3 is 2.57 bits per heavy atom. The predicted octanol–water partition coefficient (Wildman–Crippen LogP) is 3.09. The smallest absolute Gasteiger partial charge is 0.307 e. The lowest BCUT2D eigenvalue weighted by Crippen LogP contribution is -2.02. The van der Waals surface area contributed by atoms with Crippen LogP contribution in [0.3, 0.4) is 0 Å². The second-order valence-corrected chi connectivity index (χ2v) is 4.73. The Balaban J connectivity index is 2.41. The molecular weight excluding hydrogens is 176 g/mol. The van der Waals surface area contributed by atoms with Crippen molar-refractivity contribution in [1.82, 2.24) is 0 Å². The lowest BCUT2D eigenvalue weighted by Gasteiger charge is -1.96. The van der Waals surface area contributed by atoms with Crippen LogP contribution >= 0.6 is 0 Å². The van der Waals surface area contributed by atoms with E-state index in [1.165, 1.54) is 12.8 Å². The fourth-order valence-corrected chi connectivity index (χ4v) is 2.07. The maximum Gasteiger partial charge on any atom is 0.307 e. The second kappa shape index (κ2) is 4.16. The molecule has 2 atom stereocenters. The zero-order valence-corrected chi connectivity index (χ0v) is 9.29. The van der Waals surface area contributed by atoms with Gasteiger partial charge in [0.1, 0.15) is 0 Å². The van der Waals surface area contributed by atoms with Gasteiger partial charge in [0.2, 0.25) is 0 Å². The van der Waals surface area contributed by atoms with Gasteiger partial charge in [0.05, 0.1) is 5.92 Å². The topological polar surface area (TPSA) is 37.3 Å². The van der Waals surface area contributed by atoms with Crippen molar-refractivity contribution in [2.75, 3.05) is 0 Å². The molecule has 0 bridgehead atoms. The lowest BCUT2D eigenvalue weighted by molar-refractivity contribution is -0.139. The quantitative estimate of drug-likeness (QED) is 0.542. The van der Waals surface area contributed by atoms with Gasteiger partial charge in [-0.1, -0.05) is 45.8 Å². The van der Waals surface area contributed by atoms with E-state index in [2.05, 4.69) is 19.1 Å². The first-order chi connectivity index (χ1) is 6.51. The highest BCUT2D eigenvalue weighted by molar-refractivity contribution is 5.76. The fourth-order valence-electron chi connectivity index (χ4n) is 2.07. The number of hydrogen-bond donors (Lipinski definition) is 1. The standard InChI is InChI=1S/C12H20O2/c1-4-5-6-7-8-9-10(11(13)14)12(9,2)3/h7-10H,4-6H2,1-3H3,(H,13,14). The number of allylic oxidation sites excluding steroid dienone is 2. The molecule has 0 heterocycles. The number of unbranched alkanes of at least 4 members (excludes halogenated alkanes) is 2. The van der Waals surface area contributed by atoms with Gasteiger partial charge in [-0.3, -0.25) is 4.79 Å². The third-order valence-corrected chi connectivity index (χ3v) is 3.24. The van der Waals surface area contributed by atoms with Crippen molar-refractivity contribution < 1.29 is 9.90 Å². The molecule has 1 N–H and O–H groups in total. The maximum atomic E-state index is 10.8. The Kier molecular flexibility index (Phi) is 3.35. The van der Waals surface area contributed by atoms with Crippen LogP contribution in [0.4, 0.5) is 0 Å². The Hall–Kier alpha value is -0.790. The van der Waals surface area contributed by atoms with Gasteiger partial charge in [-0.05, 0) is 17.8 Å². The molecule has 2 unspecified atom stereocenters. The summed E-state index contributed by atoms with van der Waals surface area (Å²) in [6.07, 6.45) is 7.70. The Bertz CT molecular complexity index is 241. The van der Waals surface area contributed by atoms with Crippen LogP contribution in [0.5, 0.6) is 0 Å². The van der Waals surface area contributed by atoms with Crippen molar-refractivity contribution in [2.45, 2.75) is 40.0 Å². The maximum absolute atomic E-state index is 10.8. The Labute approximate surface area is 86.0 Å². The highest BCUT2D eigenvalue weighted by Crippen LogP contribution is 2.59. The van der Waals surface area contributed by atoms with Crippen molar-refractivity contribution >= 4 is 5.97 Å². The number of hydrogen-bond acceptors (Lipinski definition) is 1. The van der Waals surface area contributed by atoms with Crippen molar-refractivity contribution in [2.24, 2.45) is 17.3 Å². The third kappa shape index (κ3) is 2.17. The molecule has 0 radical (unpaired) electrons. The number of aliphatic carboxylic acids is 1. The first kappa shape index (κ1) is 11.3. The predicted molar refractivity (Wildman–Crippen MR) is 57.1 cm³/mol. The summed E-state index contributed by atoms with van der Waals surface area (Å²) < 4.78 is 0. The van der Waals surface area contributed by atoms with Crippen LogP contribution in [0.2, 0.25) is 0 Å². The van der Waals surface area contributed by atoms with Crippen LogP contribution in [-0.2, 0) is 4.79 Å². The normalized spacial score (nSPS) is 29.4. The van der Waals surface area contributed by atoms with Crippen molar-refractivity contribution in [3.05, 3.63) is 12.2 Å². The Morgan fingerprint density at radius 2 is 2.14 bits per heavy atom. The van der Waals surface area contributed by atoms with Gasteiger partial charge in [-0.15, -0.1) is 0 Å². The summed E-state index contributed by atoms with van der Waals surface area (Å²) in [5.74, 6) is -0.572. The van der Waals surface area contributed by atoms with E-state index in [4.69, 9.17) is 5.11 Å². The molecule has 0 amide bonds. The highest BCUT2D eigenvalue weighted by Gasteiger charge is 2.60. The van der Waals surface area contributed by atoms with Gasteiger partial charge < -0.3 is 5.11 Å². The van der Waals surface area contributed by atoms with E-state index in [0.717, 1.165) is 6.42 Å². The molecule has 2 heteroatoms. The van der Waals surface area contributed by atoms with Gasteiger partial charge in [0.25, 0.3) is 0 Å². The summed E-state index contributed by atoms with van der Waals surface area (Å²) in [7, 11) is 0. The molecule has 1 aliphatic rings. The molecule has 1 saturated carbocycles. The first-order valence-corrected chi connectivity index (χ1v) is 5.41. The molecule has 0 aliphatic heterocycles. The monoisotopic (exact) mass is 196 g/mol. The minimum atomic E-state index is -0.653. The molecule has 80 valence electrons. The van der Waals surface area contributed by atoms with Crippen LogP contribution in [-0.4, -0.2) is 11.1 Å². The molecular formula is C12H20O2. The third-order valence-electron chi connectivity index (χ3n) is 3.24. The van der Waals surface area contributed by atoms with Gasteiger partial charge in [0.15, 0.2) is 0 Å². The molecule has 0 saturated heterocycles. The van der Waals surface area contributed by atoms with E-state index >= 15 is 0 Å². The van der Waals surface area contributed by atoms with E-state index < -0.39 is 5.97 Å². The van der Waals surface area contributed by atoms with Gasteiger partial charge >= 0.3 is 5.97 Å². The average Bonchev–Trinajstić information content (AvgIpc) is 2.62. The highest BCUT2D eigenvalue weighted by atomic mass is 16.4. The number of carbonyl (C=O) groups is 1. The summed E-state index contributed by atoms with van der Waals surface area (Å²) in [5, 5.41) is 8.93. The molecule has 14 heavy (non-hydrogen) atoms. The van der Waals surface area contributed by atoms with E-state index in [9.17, 15) is 4.79 Å². The SMILES string of the molecule is CCCCC=CC1C(C(=O)O)C1(C)C. The van der Waals surface area contributed by atoms with Crippen LogP contribution < -0.4 is 0 Å². The van der Waals surface area contributed by atoms with Crippen molar-refractivity contribution in [3.8, 4) is 0 Å². The molecule has 2 nitrogen and oxygen atoms in total. The van der Waals surface area contributed by atoms with Crippen LogP contribution in [0.15, 0.2) is 12.2 Å².